The van der Waals surface area contributed by atoms with Crippen LogP contribution in [0.3, 0.4) is 0 Å². The summed E-state index contributed by atoms with van der Waals surface area (Å²) in [6.45, 7) is 5.53. The smallest absolute Gasteiger partial charge is 0.0328 e. The topological polar surface area (TPSA) is 29.3 Å². The van der Waals surface area contributed by atoms with E-state index in [4.69, 9.17) is 5.73 Å². The zero-order valence-electron chi connectivity index (χ0n) is 9.11. The molecular weight excluding hydrogens is 228 g/mol. The van der Waals surface area contributed by atoms with Crippen molar-refractivity contribution in [1.29, 1.82) is 0 Å². The highest BCUT2D eigenvalue weighted by atomic mass is 35.5. The van der Waals surface area contributed by atoms with Gasteiger partial charge in [-0.25, -0.2) is 0 Å². The fraction of sp³-hybridized carbons (Fsp3) is 0.636. The van der Waals surface area contributed by atoms with E-state index in [0.29, 0.717) is 6.04 Å². The van der Waals surface area contributed by atoms with Crippen molar-refractivity contribution < 1.29 is 0 Å². The molecule has 2 rings (SSSR count). The zero-order chi connectivity index (χ0) is 9.97. The Bertz CT molecular complexity index is 301. The summed E-state index contributed by atoms with van der Waals surface area (Å²) in [7, 11) is 0. The predicted molar refractivity (Wildman–Crippen MR) is 68.8 cm³/mol. The molecule has 2 nitrogen and oxygen atoms in total. The lowest BCUT2D eigenvalue weighted by Gasteiger charge is -2.30. The van der Waals surface area contributed by atoms with Crippen molar-refractivity contribution in [2.45, 2.75) is 32.4 Å². The molecule has 1 aliphatic heterocycles. The Hall–Kier alpha value is -0.0900. The number of nitrogens with two attached hydrogens (primary N) is 1. The Morgan fingerprint density at radius 2 is 2.33 bits per heavy atom. The van der Waals surface area contributed by atoms with E-state index in [1.807, 2.05) is 11.3 Å². The monoisotopic (exact) mass is 246 g/mol. The van der Waals surface area contributed by atoms with Crippen molar-refractivity contribution in [3.63, 3.8) is 0 Å². The average Bonchev–Trinajstić information content (AvgIpc) is 2.51. The number of piperidine rings is 1. The zero-order valence-corrected chi connectivity index (χ0v) is 10.7. The number of aryl methyl sites for hydroxylation is 1. The van der Waals surface area contributed by atoms with Gasteiger partial charge in [0.2, 0.25) is 0 Å². The van der Waals surface area contributed by atoms with Gasteiger partial charge < -0.3 is 5.73 Å². The summed E-state index contributed by atoms with van der Waals surface area (Å²) in [5, 5.41) is 0. The Kier molecular flexibility index (Phi) is 5.06. The van der Waals surface area contributed by atoms with Crippen LogP contribution in [-0.2, 0) is 6.54 Å². The van der Waals surface area contributed by atoms with Crippen LogP contribution >= 0.6 is 23.7 Å². The van der Waals surface area contributed by atoms with Crippen LogP contribution in [0.4, 0.5) is 0 Å². The Morgan fingerprint density at radius 3 is 2.93 bits per heavy atom. The number of likely N-dealkylation sites (tertiary alicyclic amines) is 1. The van der Waals surface area contributed by atoms with Crippen LogP contribution in [0.5, 0.6) is 0 Å². The molecule has 1 saturated heterocycles. The molecule has 2 heterocycles. The summed E-state index contributed by atoms with van der Waals surface area (Å²) >= 11 is 1.90. The first-order chi connectivity index (χ1) is 6.74. The normalized spacial score (nSPS) is 22.4. The number of halogens is 1. The van der Waals surface area contributed by atoms with E-state index in [-0.39, 0.29) is 12.4 Å². The summed E-state index contributed by atoms with van der Waals surface area (Å²) < 4.78 is 0. The van der Waals surface area contributed by atoms with Crippen molar-refractivity contribution in [2.24, 2.45) is 5.73 Å². The van der Waals surface area contributed by atoms with Crippen molar-refractivity contribution >= 4 is 23.7 Å². The minimum atomic E-state index is 0. The van der Waals surface area contributed by atoms with E-state index in [1.54, 1.807) is 0 Å². The van der Waals surface area contributed by atoms with Gasteiger partial charge in [0.15, 0.2) is 0 Å². The van der Waals surface area contributed by atoms with E-state index in [9.17, 15) is 0 Å². The summed E-state index contributed by atoms with van der Waals surface area (Å²) in [6, 6.07) is 4.83. The van der Waals surface area contributed by atoms with Crippen LogP contribution in [0.1, 0.15) is 22.6 Å². The van der Waals surface area contributed by atoms with Gasteiger partial charge >= 0.3 is 0 Å². The molecule has 1 aromatic rings. The first kappa shape index (κ1) is 13.0. The lowest BCUT2D eigenvalue weighted by Crippen LogP contribution is -2.42. The molecule has 15 heavy (non-hydrogen) atoms. The molecule has 2 N–H and O–H groups in total. The fourth-order valence-corrected chi connectivity index (χ4v) is 2.96. The standard InChI is InChI=1S/C11H18N2S.ClH/c1-9-4-5-11(14-9)8-13-6-2-3-10(12)7-13;/h4-5,10H,2-3,6-8,12H2,1H3;1H/t10-;/m1./s1. The lowest BCUT2D eigenvalue weighted by molar-refractivity contribution is 0.203. The van der Waals surface area contributed by atoms with Crippen LogP contribution in [0.2, 0.25) is 0 Å². The van der Waals surface area contributed by atoms with Crippen molar-refractivity contribution in [3.8, 4) is 0 Å². The third-order valence-corrected chi connectivity index (χ3v) is 3.70. The number of nitrogens with zero attached hydrogens (tertiary/aromatic N) is 1. The predicted octanol–water partition coefficient (Wildman–Crippen LogP) is 2.40. The van der Waals surface area contributed by atoms with Gasteiger partial charge in [-0.3, -0.25) is 4.90 Å². The summed E-state index contributed by atoms with van der Waals surface area (Å²) in [4.78, 5) is 5.34. The van der Waals surface area contributed by atoms with Crippen LogP contribution in [-0.4, -0.2) is 24.0 Å². The Labute approximate surface area is 102 Å². The van der Waals surface area contributed by atoms with Gasteiger partial charge in [0.25, 0.3) is 0 Å². The highest BCUT2D eigenvalue weighted by Crippen LogP contribution is 2.19. The SMILES string of the molecule is Cc1ccc(CN2CCC[C@@H](N)C2)s1.Cl. The van der Waals surface area contributed by atoms with Crippen molar-refractivity contribution in [1.82, 2.24) is 4.90 Å². The van der Waals surface area contributed by atoms with Gasteiger partial charge in [-0.15, -0.1) is 23.7 Å². The summed E-state index contributed by atoms with van der Waals surface area (Å²) in [6.07, 6.45) is 2.45. The van der Waals surface area contributed by atoms with E-state index in [0.717, 1.165) is 13.1 Å². The van der Waals surface area contributed by atoms with Gasteiger partial charge in [-0.05, 0) is 38.4 Å². The molecule has 1 aliphatic rings. The number of thiophene rings is 1. The highest BCUT2D eigenvalue weighted by Gasteiger charge is 2.16. The van der Waals surface area contributed by atoms with Gasteiger partial charge in [0.05, 0.1) is 0 Å². The third-order valence-electron chi connectivity index (χ3n) is 2.72. The maximum atomic E-state index is 5.95. The molecular formula is C11H19ClN2S. The second-order valence-corrected chi connectivity index (χ2v) is 5.52. The second kappa shape index (κ2) is 5.85. The van der Waals surface area contributed by atoms with E-state index >= 15 is 0 Å². The van der Waals surface area contributed by atoms with E-state index in [2.05, 4.69) is 24.0 Å². The van der Waals surface area contributed by atoms with E-state index < -0.39 is 0 Å². The quantitative estimate of drug-likeness (QED) is 0.869. The second-order valence-electron chi connectivity index (χ2n) is 4.15. The van der Waals surface area contributed by atoms with Crippen LogP contribution in [0.15, 0.2) is 12.1 Å². The molecule has 1 atom stereocenters. The Morgan fingerprint density at radius 1 is 1.53 bits per heavy atom. The van der Waals surface area contributed by atoms with Crippen molar-refractivity contribution in [2.75, 3.05) is 13.1 Å². The molecule has 0 spiro atoms. The lowest BCUT2D eigenvalue weighted by atomic mass is 10.1. The van der Waals surface area contributed by atoms with Crippen LogP contribution in [0, 0.1) is 6.92 Å². The van der Waals surface area contributed by atoms with Gasteiger partial charge in [-0.2, -0.15) is 0 Å². The minimum absolute atomic E-state index is 0. The molecule has 0 saturated carbocycles. The molecule has 0 unspecified atom stereocenters. The van der Waals surface area contributed by atoms with Crippen molar-refractivity contribution in [3.05, 3.63) is 21.9 Å². The molecule has 0 aliphatic carbocycles. The first-order valence-electron chi connectivity index (χ1n) is 5.27. The molecule has 1 aromatic heterocycles. The average molecular weight is 247 g/mol. The van der Waals surface area contributed by atoms with E-state index in [1.165, 1.54) is 29.1 Å². The molecule has 0 aromatic carbocycles. The summed E-state index contributed by atoms with van der Waals surface area (Å²) in [5.74, 6) is 0. The molecule has 86 valence electrons. The summed E-state index contributed by atoms with van der Waals surface area (Å²) in [5.41, 5.74) is 5.95. The largest absolute Gasteiger partial charge is 0.327 e. The maximum absolute atomic E-state index is 5.95. The number of hydrogen-bond acceptors (Lipinski definition) is 3. The molecule has 0 amide bonds. The van der Waals surface area contributed by atoms with Gasteiger partial charge in [-0.1, -0.05) is 0 Å². The molecule has 0 bridgehead atoms. The first-order valence-corrected chi connectivity index (χ1v) is 6.09. The van der Waals surface area contributed by atoms with Gasteiger partial charge in [0.1, 0.15) is 0 Å². The number of hydrogen-bond donors (Lipinski definition) is 1. The number of rotatable bonds is 2. The molecule has 4 heteroatoms. The molecule has 1 fully saturated rings. The minimum Gasteiger partial charge on any atom is -0.327 e. The Balaban J connectivity index is 0.00000112. The van der Waals surface area contributed by atoms with Crippen LogP contribution < -0.4 is 5.73 Å². The third kappa shape index (κ3) is 3.76. The maximum Gasteiger partial charge on any atom is 0.0328 e. The van der Waals surface area contributed by atoms with Gasteiger partial charge in [0, 0.05) is 28.9 Å². The highest BCUT2D eigenvalue weighted by molar-refractivity contribution is 7.11. The van der Waals surface area contributed by atoms with Crippen LogP contribution in [0.25, 0.3) is 0 Å². The fourth-order valence-electron chi connectivity index (χ4n) is 2.03. The molecule has 0 radical (unpaired) electrons.